The lowest BCUT2D eigenvalue weighted by atomic mass is 10.1. The van der Waals surface area contributed by atoms with Crippen molar-refractivity contribution in [3.05, 3.63) is 42.0 Å². The summed E-state index contributed by atoms with van der Waals surface area (Å²) in [6.45, 7) is 4.82. The number of anilines is 2. The van der Waals surface area contributed by atoms with E-state index in [-0.39, 0.29) is 17.6 Å². The Hall–Kier alpha value is -3.95. The number of rotatable bonds is 6. The van der Waals surface area contributed by atoms with Gasteiger partial charge in [0.2, 0.25) is 0 Å². The van der Waals surface area contributed by atoms with E-state index >= 15 is 0 Å². The molecule has 0 aliphatic heterocycles. The minimum atomic E-state index is -0.447. The maximum atomic E-state index is 13.9. The van der Waals surface area contributed by atoms with Crippen LogP contribution in [0.15, 0.2) is 30.6 Å². The molecule has 10 heteroatoms. The Balaban J connectivity index is 1.79. The van der Waals surface area contributed by atoms with Crippen molar-refractivity contribution in [1.82, 2.24) is 25.3 Å². The second-order valence-electron chi connectivity index (χ2n) is 6.52. The summed E-state index contributed by atoms with van der Waals surface area (Å²) < 4.78 is 19.7. The Kier molecular flexibility index (Phi) is 5.05. The SMILES string of the molecule is CCNC(=O)c1cncc(Oc2nc(NCC)c3c(n2)[nH]c2c(N)cc(F)cc23)c1. The molecule has 4 rings (SSSR count). The van der Waals surface area contributed by atoms with E-state index in [9.17, 15) is 9.18 Å². The van der Waals surface area contributed by atoms with Crippen LogP contribution in [0.4, 0.5) is 15.9 Å². The summed E-state index contributed by atoms with van der Waals surface area (Å²) in [6.07, 6.45) is 2.91. The third kappa shape index (κ3) is 3.54. The van der Waals surface area contributed by atoms with Gasteiger partial charge in [0.05, 0.1) is 28.4 Å². The second-order valence-corrected chi connectivity index (χ2v) is 6.52. The highest BCUT2D eigenvalue weighted by Gasteiger charge is 2.17. The van der Waals surface area contributed by atoms with E-state index in [1.54, 1.807) is 6.07 Å². The molecule has 4 aromatic rings. The van der Waals surface area contributed by atoms with Crippen LogP contribution in [-0.2, 0) is 0 Å². The quantitative estimate of drug-likeness (QED) is 0.360. The van der Waals surface area contributed by atoms with Crippen molar-refractivity contribution < 1.29 is 13.9 Å². The maximum Gasteiger partial charge on any atom is 0.326 e. The van der Waals surface area contributed by atoms with Gasteiger partial charge in [-0.15, -0.1) is 0 Å². The molecule has 0 radical (unpaired) electrons. The number of nitrogens with two attached hydrogens (primary N) is 1. The third-order valence-corrected chi connectivity index (χ3v) is 4.40. The van der Waals surface area contributed by atoms with Crippen molar-refractivity contribution in [2.24, 2.45) is 0 Å². The summed E-state index contributed by atoms with van der Waals surface area (Å²) in [4.78, 5) is 28.0. The molecular weight excluding hydrogens is 389 g/mol. The minimum absolute atomic E-state index is 0.0406. The summed E-state index contributed by atoms with van der Waals surface area (Å²) >= 11 is 0. The van der Waals surface area contributed by atoms with Crippen molar-refractivity contribution >= 4 is 39.3 Å². The molecule has 0 fully saturated rings. The average molecular weight is 409 g/mol. The molecule has 30 heavy (non-hydrogen) atoms. The number of carbonyl (C=O) groups excluding carboxylic acids is 1. The molecule has 5 N–H and O–H groups in total. The lowest BCUT2D eigenvalue weighted by Crippen LogP contribution is -2.22. The first-order chi connectivity index (χ1) is 14.5. The van der Waals surface area contributed by atoms with Crippen molar-refractivity contribution in [2.45, 2.75) is 13.8 Å². The molecule has 0 bridgehead atoms. The standard InChI is InChI=1S/C20H20FN7O2/c1-3-24-17-15-13-6-11(21)7-14(22)16(13)26-18(15)28-20(27-17)30-12-5-10(8-23-9-12)19(29)25-4-2/h5-9H,3-4,22H2,1-2H3,(H,25,29)(H2,24,26,27,28). The summed E-state index contributed by atoms with van der Waals surface area (Å²) in [5.41, 5.74) is 7.59. The van der Waals surface area contributed by atoms with Crippen LogP contribution in [0.5, 0.6) is 11.8 Å². The van der Waals surface area contributed by atoms with E-state index in [1.807, 2.05) is 13.8 Å². The zero-order valence-corrected chi connectivity index (χ0v) is 16.4. The normalized spacial score (nSPS) is 11.0. The first kappa shape index (κ1) is 19.4. The maximum absolute atomic E-state index is 13.9. The van der Waals surface area contributed by atoms with Gasteiger partial charge in [-0.05, 0) is 32.0 Å². The fourth-order valence-corrected chi connectivity index (χ4v) is 3.18. The number of aromatic amines is 1. The highest BCUT2D eigenvalue weighted by molar-refractivity contribution is 6.14. The number of fused-ring (bicyclic) bond motifs is 3. The topological polar surface area (TPSA) is 131 Å². The summed E-state index contributed by atoms with van der Waals surface area (Å²) in [7, 11) is 0. The van der Waals surface area contributed by atoms with Gasteiger partial charge in [0.1, 0.15) is 23.0 Å². The predicted octanol–water partition coefficient (Wildman–Crippen LogP) is 3.20. The lowest BCUT2D eigenvalue weighted by molar-refractivity contribution is 0.0955. The highest BCUT2D eigenvalue weighted by Crippen LogP contribution is 2.34. The highest BCUT2D eigenvalue weighted by atomic mass is 19.1. The summed E-state index contributed by atoms with van der Waals surface area (Å²) in [6, 6.07) is 4.22. The number of ether oxygens (including phenoxy) is 1. The number of H-pyrrole nitrogens is 1. The second kappa shape index (κ2) is 7.82. The van der Waals surface area contributed by atoms with Gasteiger partial charge in [-0.25, -0.2) is 4.39 Å². The number of hydrogen-bond donors (Lipinski definition) is 4. The number of nitrogen functional groups attached to an aromatic ring is 1. The van der Waals surface area contributed by atoms with Crippen LogP contribution in [0.25, 0.3) is 21.9 Å². The Morgan fingerprint density at radius 2 is 2.03 bits per heavy atom. The molecule has 1 amide bonds. The fourth-order valence-electron chi connectivity index (χ4n) is 3.18. The van der Waals surface area contributed by atoms with Crippen LogP contribution < -0.4 is 21.1 Å². The van der Waals surface area contributed by atoms with Gasteiger partial charge in [-0.1, -0.05) is 0 Å². The molecule has 154 valence electrons. The number of nitrogens with one attached hydrogen (secondary N) is 3. The third-order valence-electron chi connectivity index (χ3n) is 4.40. The molecule has 0 aliphatic rings. The van der Waals surface area contributed by atoms with Gasteiger partial charge in [-0.3, -0.25) is 9.78 Å². The predicted molar refractivity (Wildman–Crippen MR) is 112 cm³/mol. The Labute approximate surface area is 170 Å². The number of amides is 1. The number of benzene rings is 1. The Bertz CT molecular complexity index is 1260. The van der Waals surface area contributed by atoms with E-state index in [1.165, 1.54) is 24.5 Å². The van der Waals surface area contributed by atoms with E-state index < -0.39 is 5.82 Å². The van der Waals surface area contributed by atoms with E-state index in [0.29, 0.717) is 52.2 Å². The van der Waals surface area contributed by atoms with Crippen LogP contribution >= 0.6 is 0 Å². The number of hydrogen-bond acceptors (Lipinski definition) is 7. The first-order valence-corrected chi connectivity index (χ1v) is 9.43. The monoisotopic (exact) mass is 409 g/mol. The fraction of sp³-hybridized carbons (Fsp3) is 0.200. The van der Waals surface area contributed by atoms with Crippen molar-refractivity contribution in [3.63, 3.8) is 0 Å². The number of carbonyl (C=O) groups is 1. The molecule has 0 aliphatic carbocycles. The van der Waals surface area contributed by atoms with Crippen LogP contribution in [0.2, 0.25) is 0 Å². The molecule has 3 heterocycles. The van der Waals surface area contributed by atoms with Crippen LogP contribution in [0, 0.1) is 5.82 Å². The number of pyridine rings is 1. The zero-order valence-electron chi connectivity index (χ0n) is 16.4. The van der Waals surface area contributed by atoms with Gasteiger partial charge >= 0.3 is 6.01 Å². The van der Waals surface area contributed by atoms with Gasteiger partial charge in [0.15, 0.2) is 0 Å². The summed E-state index contributed by atoms with van der Waals surface area (Å²) in [5.74, 6) is 0.0778. The van der Waals surface area contributed by atoms with Gasteiger partial charge in [-0.2, -0.15) is 9.97 Å². The zero-order chi connectivity index (χ0) is 21.3. The van der Waals surface area contributed by atoms with Crippen molar-refractivity contribution in [2.75, 3.05) is 24.1 Å². The van der Waals surface area contributed by atoms with Gasteiger partial charge in [0, 0.05) is 24.7 Å². The Morgan fingerprint density at radius 3 is 2.80 bits per heavy atom. The molecule has 0 saturated carbocycles. The lowest BCUT2D eigenvalue weighted by Gasteiger charge is -2.09. The first-order valence-electron chi connectivity index (χ1n) is 9.43. The largest absolute Gasteiger partial charge is 0.423 e. The molecule has 0 unspecified atom stereocenters. The molecule has 3 aromatic heterocycles. The van der Waals surface area contributed by atoms with Gasteiger partial charge in [0.25, 0.3) is 5.91 Å². The Morgan fingerprint density at radius 1 is 1.20 bits per heavy atom. The van der Waals surface area contributed by atoms with Crippen LogP contribution in [-0.4, -0.2) is 38.9 Å². The van der Waals surface area contributed by atoms with E-state index in [0.717, 1.165) is 0 Å². The molecule has 0 atom stereocenters. The van der Waals surface area contributed by atoms with Crippen LogP contribution in [0.3, 0.4) is 0 Å². The van der Waals surface area contributed by atoms with Crippen LogP contribution in [0.1, 0.15) is 24.2 Å². The number of halogens is 1. The molecule has 9 nitrogen and oxygen atoms in total. The minimum Gasteiger partial charge on any atom is -0.423 e. The molecule has 0 spiro atoms. The molecule has 0 saturated heterocycles. The number of nitrogens with zero attached hydrogens (tertiary/aromatic N) is 3. The van der Waals surface area contributed by atoms with Gasteiger partial charge < -0.3 is 26.1 Å². The average Bonchev–Trinajstić information content (AvgIpc) is 3.07. The molecule has 1 aromatic carbocycles. The molecular formula is C20H20FN7O2. The van der Waals surface area contributed by atoms with E-state index in [4.69, 9.17) is 10.5 Å². The number of aromatic nitrogens is 4. The van der Waals surface area contributed by atoms with E-state index in [2.05, 4.69) is 30.6 Å². The van der Waals surface area contributed by atoms with Crippen molar-refractivity contribution in [3.8, 4) is 11.8 Å². The smallest absolute Gasteiger partial charge is 0.326 e. The summed E-state index contributed by atoms with van der Waals surface area (Å²) in [5, 5.41) is 7.04. The van der Waals surface area contributed by atoms with Crippen molar-refractivity contribution in [1.29, 1.82) is 0 Å².